The number of hydrogen-bond donors (Lipinski definition) is 2. The fourth-order valence-electron chi connectivity index (χ4n) is 2.60. The van der Waals surface area contributed by atoms with E-state index in [0.29, 0.717) is 5.56 Å². The average molecular weight is 379 g/mol. The predicted octanol–water partition coefficient (Wildman–Crippen LogP) is 4.68. The number of nitrogens with zero attached hydrogens (tertiary/aromatic N) is 1. The molecule has 2 N–H and O–H groups in total. The second-order valence-corrected chi connectivity index (χ2v) is 6.52. The van der Waals surface area contributed by atoms with Crippen molar-refractivity contribution < 1.29 is 13.9 Å². The molecule has 6 heteroatoms. The van der Waals surface area contributed by atoms with E-state index in [9.17, 15) is 9.18 Å². The van der Waals surface area contributed by atoms with Gasteiger partial charge in [-0.25, -0.2) is 4.39 Å². The zero-order valence-electron chi connectivity index (χ0n) is 15.8. The summed E-state index contributed by atoms with van der Waals surface area (Å²) in [5.74, 6) is 0.0761. The van der Waals surface area contributed by atoms with Crippen LogP contribution in [0.15, 0.2) is 66.9 Å². The molecule has 0 spiro atoms. The molecule has 0 aliphatic heterocycles. The molecule has 3 aromatic rings. The van der Waals surface area contributed by atoms with Crippen LogP contribution in [0.2, 0.25) is 0 Å². The van der Waals surface area contributed by atoms with Gasteiger partial charge in [-0.15, -0.1) is 0 Å². The maximum atomic E-state index is 13.7. The van der Waals surface area contributed by atoms with Crippen molar-refractivity contribution >= 4 is 17.3 Å². The third kappa shape index (κ3) is 5.30. The molecule has 0 atom stereocenters. The smallest absolute Gasteiger partial charge is 0.270 e. The largest absolute Gasteiger partial charge is 0.491 e. The van der Waals surface area contributed by atoms with Crippen molar-refractivity contribution in [1.29, 1.82) is 0 Å². The Morgan fingerprint density at radius 1 is 1.07 bits per heavy atom. The highest BCUT2D eigenvalue weighted by Gasteiger charge is 2.09. The molecule has 0 unspecified atom stereocenters. The Labute approximate surface area is 163 Å². The van der Waals surface area contributed by atoms with Gasteiger partial charge in [0.15, 0.2) is 0 Å². The zero-order chi connectivity index (χ0) is 19.9. The second-order valence-electron chi connectivity index (χ2n) is 6.52. The normalized spacial score (nSPS) is 10.6. The highest BCUT2D eigenvalue weighted by atomic mass is 19.1. The van der Waals surface area contributed by atoms with E-state index in [1.807, 2.05) is 38.1 Å². The Bertz CT molecular complexity index is 943. The number of nitrogens with one attached hydrogen (secondary N) is 2. The van der Waals surface area contributed by atoms with Gasteiger partial charge in [-0.2, -0.15) is 0 Å². The number of halogens is 1. The SMILES string of the molecule is CC(C)Oc1ccc(Nc2ccnc(C(=O)NCc3ccccc3F)c2)cc1. The molecule has 144 valence electrons. The summed E-state index contributed by atoms with van der Waals surface area (Å²) in [6.45, 7) is 4.05. The van der Waals surface area contributed by atoms with Crippen LogP contribution in [0.1, 0.15) is 29.9 Å². The summed E-state index contributed by atoms with van der Waals surface area (Å²) in [6.07, 6.45) is 1.67. The number of aromatic nitrogens is 1. The van der Waals surface area contributed by atoms with Gasteiger partial charge in [0.1, 0.15) is 17.3 Å². The van der Waals surface area contributed by atoms with Gasteiger partial charge in [0, 0.05) is 29.7 Å². The molecule has 2 aromatic carbocycles. The molecule has 0 aliphatic carbocycles. The van der Waals surface area contributed by atoms with Gasteiger partial charge in [-0.3, -0.25) is 9.78 Å². The summed E-state index contributed by atoms with van der Waals surface area (Å²) in [7, 11) is 0. The van der Waals surface area contributed by atoms with Gasteiger partial charge in [0.25, 0.3) is 5.91 Å². The van der Waals surface area contributed by atoms with Crippen LogP contribution in [0.5, 0.6) is 5.75 Å². The third-order valence-corrected chi connectivity index (χ3v) is 3.90. The van der Waals surface area contributed by atoms with Crippen molar-refractivity contribution in [2.24, 2.45) is 0 Å². The van der Waals surface area contributed by atoms with E-state index in [2.05, 4.69) is 15.6 Å². The van der Waals surface area contributed by atoms with Crippen LogP contribution in [-0.4, -0.2) is 17.0 Å². The quantitative estimate of drug-likeness (QED) is 0.626. The average Bonchev–Trinajstić information content (AvgIpc) is 2.68. The molecule has 0 aliphatic rings. The Balaban J connectivity index is 1.63. The topological polar surface area (TPSA) is 63.2 Å². The van der Waals surface area contributed by atoms with Crippen LogP contribution < -0.4 is 15.4 Å². The predicted molar refractivity (Wildman–Crippen MR) is 107 cm³/mol. The lowest BCUT2D eigenvalue weighted by Gasteiger charge is -2.11. The van der Waals surface area contributed by atoms with Crippen molar-refractivity contribution in [1.82, 2.24) is 10.3 Å². The van der Waals surface area contributed by atoms with Crippen LogP contribution in [0.4, 0.5) is 15.8 Å². The van der Waals surface area contributed by atoms with Crippen LogP contribution in [-0.2, 0) is 6.54 Å². The lowest BCUT2D eigenvalue weighted by molar-refractivity contribution is 0.0945. The van der Waals surface area contributed by atoms with Gasteiger partial charge in [0.2, 0.25) is 0 Å². The van der Waals surface area contributed by atoms with Crippen molar-refractivity contribution in [3.05, 3.63) is 83.9 Å². The van der Waals surface area contributed by atoms with Gasteiger partial charge in [-0.1, -0.05) is 18.2 Å². The first kappa shape index (κ1) is 19.4. The number of carbonyl (C=O) groups excluding carboxylic acids is 1. The number of benzene rings is 2. The highest BCUT2D eigenvalue weighted by Crippen LogP contribution is 2.21. The second kappa shape index (κ2) is 8.99. The molecular formula is C22H22FN3O2. The molecule has 5 nitrogen and oxygen atoms in total. The lowest BCUT2D eigenvalue weighted by atomic mass is 10.2. The van der Waals surface area contributed by atoms with Crippen LogP contribution >= 0.6 is 0 Å². The Kier molecular flexibility index (Phi) is 6.22. The standard InChI is InChI=1S/C22H22FN3O2/c1-15(2)28-19-9-7-17(8-10-19)26-18-11-12-24-21(13-18)22(27)25-14-16-5-3-4-6-20(16)23/h3-13,15H,14H2,1-2H3,(H,24,26)(H,25,27). The number of hydrogen-bond acceptors (Lipinski definition) is 4. The minimum absolute atomic E-state index is 0.0994. The molecule has 0 saturated heterocycles. The third-order valence-electron chi connectivity index (χ3n) is 3.90. The number of anilines is 2. The van der Waals surface area contributed by atoms with Crippen molar-refractivity contribution in [3.63, 3.8) is 0 Å². The van der Waals surface area contributed by atoms with Gasteiger partial charge in [-0.05, 0) is 56.3 Å². The summed E-state index contributed by atoms with van der Waals surface area (Å²) in [5, 5.41) is 5.91. The van der Waals surface area contributed by atoms with E-state index < -0.39 is 0 Å². The van der Waals surface area contributed by atoms with Crippen molar-refractivity contribution in [2.45, 2.75) is 26.5 Å². The number of ether oxygens (including phenoxy) is 1. The summed E-state index contributed by atoms with van der Waals surface area (Å²) in [5.41, 5.74) is 2.26. The summed E-state index contributed by atoms with van der Waals surface area (Å²) >= 11 is 0. The molecule has 1 heterocycles. The molecule has 0 bridgehead atoms. The van der Waals surface area contributed by atoms with E-state index in [1.165, 1.54) is 6.07 Å². The van der Waals surface area contributed by atoms with E-state index in [-0.39, 0.29) is 30.1 Å². The monoisotopic (exact) mass is 379 g/mol. The van der Waals surface area contributed by atoms with Gasteiger partial charge >= 0.3 is 0 Å². The van der Waals surface area contributed by atoms with Crippen molar-refractivity contribution in [3.8, 4) is 5.75 Å². The van der Waals surface area contributed by atoms with Gasteiger partial charge < -0.3 is 15.4 Å². The molecule has 1 amide bonds. The first-order valence-electron chi connectivity index (χ1n) is 9.02. The number of carbonyl (C=O) groups is 1. The van der Waals surface area contributed by atoms with E-state index >= 15 is 0 Å². The molecule has 28 heavy (non-hydrogen) atoms. The number of rotatable bonds is 7. The van der Waals surface area contributed by atoms with Crippen LogP contribution in [0.25, 0.3) is 0 Å². The summed E-state index contributed by atoms with van der Waals surface area (Å²) < 4.78 is 19.3. The number of amides is 1. The molecule has 0 fully saturated rings. The van der Waals surface area contributed by atoms with Crippen molar-refractivity contribution in [2.75, 3.05) is 5.32 Å². The fourth-order valence-corrected chi connectivity index (χ4v) is 2.60. The first-order valence-corrected chi connectivity index (χ1v) is 9.02. The molecule has 0 saturated carbocycles. The fraction of sp³-hybridized carbons (Fsp3) is 0.182. The highest BCUT2D eigenvalue weighted by molar-refractivity contribution is 5.93. The van der Waals surface area contributed by atoms with E-state index in [4.69, 9.17) is 4.74 Å². The lowest BCUT2D eigenvalue weighted by Crippen LogP contribution is -2.24. The molecule has 1 aromatic heterocycles. The maximum Gasteiger partial charge on any atom is 0.270 e. The molecule has 0 radical (unpaired) electrons. The molecular weight excluding hydrogens is 357 g/mol. The minimum Gasteiger partial charge on any atom is -0.491 e. The Morgan fingerprint density at radius 3 is 2.54 bits per heavy atom. The maximum absolute atomic E-state index is 13.7. The Morgan fingerprint density at radius 2 is 1.82 bits per heavy atom. The minimum atomic E-state index is -0.368. The van der Waals surface area contributed by atoms with Crippen LogP contribution in [0, 0.1) is 5.82 Å². The first-order chi connectivity index (χ1) is 13.5. The Hall–Kier alpha value is -3.41. The van der Waals surface area contributed by atoms with E-state index in [0.717, 1.165) is 17.1 Å². The molecule has 3 rings (SSSR count). The van der Waals surface area contributed by atoms with Gasteiger partial charge in [0.05, 0.1) is 6.10 Å². The number of pyridine rings is 1. The summed E-state index contributed by atoms with van der Waals surface area (Å²) in [6, 6.07) is 17.3. The summed E-state index contributed by atoms with van der Waals surface area (Å²) in [4.78, 5) is 16.4. The van der Waals surface area contributed by atoms with Crippen LogP contribution in [0.3, 0.4) is 0 Å². The zero-order valence-corrected chi connectivity index (χ0v) is 15.8. The van der Waals surface area contributed by atoms with E-state index in [1.54, 1.807) is 36.5 Å².